The van der Waals surface area contributed by atoms with Crippen LogP contribution in [-0.2, 0) is 20.6 Å². The van der Waals surface area contributed by atoms with Gasteiger partial charge in [-0.15, -0.1) is 0 Å². The minimum atomic E-state index is -0.358. The number of piperidine rings is 1. The zero-order valence-corrected chi connectivity index (χ0v) is 14.8. The van der Waals surface area contributed by atoms with E-state index < -0.39 is 0 Å². The van der Waals surface area contributed by atoms with Crippen molar-refractivity contribution in [1.82, 2.24) is 18.7 Å². The van der Waals surface area contributed by atoms with Crippen LogP contribution in [0.2, 0.25) is 0 Å². The van der Waals surface area contributed by atoms with Crippen LogP contribution in [0, 0.1) is 5.92 Å². The summed E-state index contributed by atoms with van der Waals surface area (Å²) in [5.41, 5.74) is 6.39. The standard InChI is InChI=1S/C16H26N6O2/c1-10(2)8-22-12-13(19(3)16(24)20(4)14(12)23)18-15(22)21-7-5-6-11(17)9-21/h10-11H,5-9,17H2,1-4H3. The second-order valence-corrected chi connectivity index (χ2v) is 7.14. The van der Waals surface area contributed by atoms with E-state index in [2.05, 4.69) is 23.7 Å². The van der Waals surface area contributed by atoms with Crippen LogP contribution in [0.1, 0.15) is 26.7 Å². The van der Waals surface area contributed by atoms with Crippen molar-refractivity contribution < 1.29 is 0 Å². The maximum Gasteiger partial charge on any atom is 0.332 e. The summed E-state index contributed by atoms with van der Waals surface area (Å²) in [4.78, 5) is 31.7. The third-order valence-corrected chi connectivity index (χ3v) is 4.62. The van der Waals surface area contributed by atoms with Crippen LogP contribution in [0.5, 0.6) is 0 Å². The van der Waals surface area contributed by atoms with E-state index in [1.807, 2.05) is 4.57 Å². The summed E-state index contributed by atoms with van der Waals surface area (Å²) in [7, 11) is 3.16. The monoisotopic (exact) mass is 334 g/mol. The topological polar surface area (TPSA) is 91.1 Å². The number of fused-ring (bicyclic) bond motifs is 1. The van der Waals surface area contributed by atoms with Gasteiger partial charge in [0.2, 0.25) is 5.95 Å². The molecule has 1 aliphatic heterocycles. The van der Waals surface area contributed by atoms with Crippen LogP contribution in [0.15, 0.2) is 9.59 Å². The number of hydrogen-bond donors (Lipinski definition) is 1. The third-order valence-electron chi connectivity index (χ3n) is 4.62. The highest BCUT2D eigenvalue weighted by molar-refractivity contribution is 5.74. The third kappa shape index (κ3) is 2.64. The van der Waals surface area contributed by atoms with Gasteiger partial charge in [0.25, 0.3) is 5.56 Å². The van der Waals surface area contributed by atoms with Gasteiger partial charge >= 0.3 is 5.69 Å². The maximum absolute atomic E-state index is 12.7. The summed E-state index contributed by atoms with van der Waals surface area (Å²) in [6.07, 6.45) is 2.00. The molecule has 1 saturated heterocycles. The Morgan fingerprint density at radius 2 is 1.96 bits per heavy atom. The van der Waals surface area contributed by atoms with E-state index in [0.29, 0.717) is 23.6 Å². The van der Waals surface area contributed by atoms with Gasteiger partial charge in [-0.1, -0.05) is 13.8 Å². The lowest BCUT2D eigenvalue weighted by molar-refractivity contribution is 0.479. The molecule has 3 heterocycles. The molecule has 2 aromatic rings. The minimum Gasteiger partial charge on any atom is -0.341 e. The number of hydrogen-bond acceptors (Lipinski definition) is 5. The Kier molecular flexibility index (Phi) is 4.25. The Morgan fingerprint density at radius 3 is 2.58 bits per heavy atom. The fraction of sp³-hybridized carbons (Fsp3) is 0.688. The molecule has 1 unspecified atom stereocenters. The molecule has 8 heteroatoms. The molecule has 0 aliphatic carbocycles. The number of aryl methyl sites for hydroxylation is 1. The number of nitrogens with zero attached hydrogens (tertiary/aromatic N) is 5. The highest BCUT2D eigenvalue weighted by atomic mass is 16.2. The molecular weight excluding hydrogens is 308 g/mol. The predicted octanol–water partition coefficient (Wildman–Crippen LogP) is 0.0172. The van der Waals surface area contributed by atoms with Gasteiger partial charge in [-0.3, -0.25) is 13.9 Å². The number of anilines is 1. The summed E-state index contributed by atoms with van der Waals surface area (Å²) in [5.74, 6) is 1.09. The van der Waals surface area contributed by atoms with E-state index in [-0.39, 0.29) is 17.3 Å². The zero-order valence-electron chi connectivity index (χ0n) is 14.8. The molecule has 2 aromatic heterocycles. The number of nitrogens with two attached hydrogens (primary N) is 1. The molecule has 132 valence electrons. The molecule has 0 saturated carbocycles. The Bertz CT molecular complexity index is 875. The van der Waals surface area contributed by atoms with E-state index in [9.17, 15) is 9.59 Å². The molecular formula is C16H26N6O2. The average Bonchev–Trinajstić information content (AvgIpc) is 2.89. The average molecular weight is 334 g/mol. The quantitative estimate of drug-likeness (QED) is 0.854. The Hall–Kier alpha value is -2.09. The molecule has 3 rings (SSSR count). The first-order valence-corrected chi connectivity index (χ1v) is 8.48. The predicted molar refractivity (Wildman–Crippen MR) is 94.5 cm³/mol. The Morgan fingerprint density at radius 1 is 1.25 bits per heavy atom. The molecule has 0 radical (unpaired) electrons. The van der Waals surface area contributed by atoms with Gasteiger partial charge in [0.05, 0.1) is 0 Å². The molecule has 24 heavy (non-hydrogen) atoms. The van der Waals surface area contributed by atoms with Crippen LogP contribution in [0.3, 0.4) is 0 Å². The first-order valence-electron chi connectivity index (χ1n) is 8.48. The van der Waals surface area contributed by atoms with Crippen molar-refractivity contribution in [3.63, 3.8) is 0 Å². The van der Waals surface area contributed by atoms with Crippen molar-refractivity contribution in [2.75, 3.05) is 18.0 Å². The molecule has 0 spiro atoms. The minimum absolute atomic E-state index is 0.109. The van der Waals surface area contributed by atoms with Crippen molar-refractivity contribution >= 4 is 17.1 Å². The van der Waals surface area contributed by atoms with Gasteiger partial charge in [-0.2, -0.15) is 4.98 Å². The van der Waals surface area contributed by atoms with E-state index in [1.54, 1.807) is 7.05 Å². The van der Waals surface area contributed by atoms with Crippen LogP contribution >= 0.6 is 0 Å². The number of rotatable bonds is 3. The summed E-state index contributed by atoms with van der Waals surface area (Å²) in [6.45, 7) is 6.46. The molecule has 0 bridgehead atoms. The maximum atomic E-state index is 12.7. The first kappa shape index (κ1) is 16.8. The van der Waals surface area contributed by atoms with Gasteiger partial charge in [0, 0.05) is 39.8 Å². The van der Waals surface area contributed by atoms with E-state index in [0.717, 1.165) is 36.4 Å². The van der Waals surface area contributed by atoms with E-state index >= 15 is 0 Å². The first-order chi connectivity index (χ1) is 11.3. The van der Waals surface area contributed by atoms with Crippen molar-refractivity contribution in [2.45, 2.75) is 39.3 Å². The van der Waals surface area contributed by atoms with Crippen LogP contribution in [0.25, 0.3) is 11.2 Å². The van der Waals surface area contributed by atoms with Crippen molar-refractivity contribution in [3.05, 3.63) is 20.8 Å². The molecule has 0 amide bonds. The smallest absolute Gasteiger partial charge is 0.332 e. The van der Waals surface area contributed by atoms with Gasteiger partial charge in [-0.05, 0) is 18.8 Å². The lowest BCUT2D eigenvalue weighted by Crippen LogP contribution is -2.44. The highest BCUT2D eigenvalue weighted by Gasteiger charge is 2.26. The number of aromatic nitrogens is 4. The molecule has 8 nitrogen and oxygen atoms in total. The van der Waals surface area contributed by atoms with E-state index in [1.165, 1.54) is 11.6 Å². The Labute approximate surface area is 140 Å². The fourth-order valence-electron chi connectivity index (χ4n) is 3.41. The summed E-state index contributed by atoms with van der Waals surface area (Å²) in [6, 6.07) is 0.109. The van der Waals surface area contributed by atoms with Crippen LogP contribution < -0.4 is 21.9 Å². The van der Waals surface area contributed by atoms with Crippen molar-refractivity contribution in [1.29, 1.82) is 0 Å². The zero-order chi connectivity index (χ0) is 17.6. The second kappa shape index (κ2) is 6.08. The molecule has 1 atom stereocenters. The van der Waals surface area contributed by atoms with Gasteiger partial charge in [0.1, 0.15) is 0 Å². The summed E-state index contributed by atoms with van der Waals surface area (Å²) < 4.78 is 4.55. The Balaban J connectivity index is 2.29. The summed E-state index contributed by atoms with van der Waals surface area (Å²) >= 11 is 0. The second-order valence-electron chi connectivity index (χ2n) is 7.14. The van der Waals surface area contributed by atoms with Gasteiger partial charge < -0.3 is 15.2 Å². The van der Waals surface area contributed by atoms with Crippen molar-refractivity contribution in [2.24, 2.45) is 25.7 Å². The summed E-state index contributed by atoms with van der Waals surface area (Å²) in [5, 5.41) is 0. The van der Waals surface area contributed by atoms with E-state index in [4.69, 9.17) is 5.73 Å². The number of imidazole rings is 1. The fourth-order valence-corrected chi connectivity index (χ4v) is 3.41. The lowest BCUT2D eigenvalue weighted by Gasteiger charge is -2.32. The largest absolute Gasteiger partial charge is 0.341 e. The molecule has 1 fully saturated rings. The normalized spacial score (nSPS) is 18.8. The SMILES string of the molecule is CC(C)Cn1c(N2CCCC(N)C2)nc2c1c(=O)n(C)c(=O)n2C. The lowest BCUT2D eigenvalue weighted by atomic mass is 10.1. The molecule has 1 aliphatic rings. The van der Waals surface area contributed by atoms with Crippen LogP contribution in [0.4, 0.5) is 5.95 Å². The van der Waals surface area contributed by atoms with Crippen LogP contribution in [-0.4, -0.2) is 37.8 Å². The molecule has 2 N–H and O–H groups in total. The highest BCUT2D eigenvalue weighted by Crippen LogP contribution is 2.23. The van der Waals surface area contributed by atoms with Crippen molar-refractivity contribution in [3.8, 4) is 0 Å². The van der Waals surface area contributed by atoms with Gasteiger partial charge in [-0.25, -0.2) is 4.79 Å². The van der Waals surface area contributed by atoms with Gasteiger partial charge in [0.15, 0.2) is 11.2 Å². The molecule has 0 aromatic carbocycles.